The van der Waals surface area contributed by atoms with Gasteiger partial charge >= 0.3 is 0 Å². The van der Waals surface area contributed by atoms with E-state index < -0.39 is 0 Å². The van der Waals surface area contributed by atoms with E-state index in [1.165, 1.54) is 42.3 Å². The highest BCUT2D eigenvalue weighted by Crippen LogP contribution is 2.39. The number of amides is 1. The third-order valence-corrected chi connectivity index (χ3v) is 7.76. The van der Waals surface area contributed by atoms with Gasteiger partial charge in [-0.2, -0.15) is 0 Å². The van der Waals surface area contributed by atoms with E-state index >= 15 is 0 Å². The second kappa shape index (κ2) is 8.35. The van der Waals surface area contributed by atoms with Crippen molar-refractivity contribution in [2.24, 2.45) is 11.8 Å². The molecule has 146 valence electrons. The molecule has 2 aromatic rings. The lowest BCUT2D eigenvalue weighted by Crippen LogP contribution is -2.44. The van der Waals surface area contributed by atoms with Crippen molar-refractivity contribution in [3.63, 3.8) is 0 Å². The van der Waals surface area contributed by atoms with Crippen molar-refractivity contribution < 1.29 is 4.79 Å². The normalized spacial score (nSPS) is 25.5. The van der Waals surface area contributed by atoms with Crippen molar-refractivity contribution in [1.82, 2.24) is 20.1 Å². The molecule has 2 aliphatic rings. The molecule has 0 unspecified atom stereocenters. The fourth-order valence-corrected chi connectivity index (χ4v) is 5.50. The number of hydrogen-bond donors (Lipinski definition) is 1. The predicted molar refractivity (Wildman–Crippen MR) is 110 cm³/mol. The molecule has 2 fully saturated rings. The smallest absolute Gasteiger partial charge is 0.230 e. The van der Waals surface area contributed by atoms with E-state index in [0.717, 1.165) is 23.8 Å². The van der Waals surface area contributed by atoms with Crippen molar-refractivity contribution in [2.75, 3.05) is 5.75 Å². The maximum atomic E-state index is 12.5. The predicted octanol–water partition coefficient (Wildman–Crippen LogP) is 4.30. The summed E-state index contributed by atoms with van der Waals surface area (Å²) in [7, 11) is 0. The third kappa shape index (κ3) is 4.57. The zero-order valence-electron chi connectivity index (χ0n) is 16.1. The van der Waals surface area contributed by atoms with Crippen molar-refractivity contribution >= 4 is 29.0 Å². The number of thiophene rings is 1. The summed E-state index contributed by atoms with van der Waals surface area (Å²) < 4.78 is 2.27. The van der Waals surface area contributed by atoms with Gasteiger partial charge in [0.2, 0.25) is 5.91 Å². The van der Waals surface area contributed by atoms with Crippen molar-refractivity contribution in [3.8, 4) is 0 Å². The summed E-state index contributed by atoms with van der Waals surface area (Å²) in [5, 5.41) is 15.1. The van der Waals surface area contributed by atoms with Gasteiger partial charge in [-0.05, 0) is 42.5 Å². The van der Waals surface area contributed by atoms with Crippen molar-refractivity contribution in [2.45, 2.75) is 69.6 Å². The average Bonchev–Trinajstić information content (AvgIpc) is 3.20. The molecule has 0 spiro atoms. The number of carbonyl (C=O) groups excluding carboxylic acids is 1. The molecule has 0 bridgehead atoms. The fraction of sp³-hybridized carbons (Fsp3) is 0.650. The van der Waals surface area contributed by atoms with Gasteiger partial charge in [0.05, 0.1) is 5.75 Å². The van der Waals surface area contributed by atoms with Gasteiger partial charge in [0.1, 0.15) is 5.82 Å². The lowest BCUT2D eigenvalue weighted by molar-refractivity contribution is -0.120. The van der Waals surface area contributed by atoms with Gasteiger partial charge < -0.3 is 9.88 Å². The Kier molecular flexibility index (Phi) is 5.88. The lowest BCUT2D eigenvalue weighted by atomic mass is 9.78. The monoisotopic (exact) mass is 404 g/mol. The number of aromatic nitrogens is 3. The Bertz CT molecular complexity index is 769. The summed E-state index contributed by atoms with van der Waals surface area (Å²) in [6.07, 6.45) is 6.79. The van der Waals surface area contributed by atoms with Crippen LogP contribution >= 0.6 is 23.1 Å². The average molecular weight is 405 g/mol. The first kappa shape index (κ1) is 19.0. The SMILES string of the molecule is C[C@@H]1[C@H](C)CCC[C@H]1NC(=O)CSc1nnc(Cc2cccs2)n1C1CC1. The minimum atomic E-state index is 0.121. The van der Waals surface area contributed by atoms with E-state index in [2.05, 4.69) is 51.4 Å². The number of rotatable bonds is 7. The van der Waals surface area contributed by atoms with Crippen LogP contribution in [0.4, 0.5) is 0 Å². The summed E-state index contributed by atoms with van der Waals surface area (Å²) in [5.74, 6) is 2.81. The first-order chi connectivity index (χ1) is 13.1. The Morgan fingerprint density at radius 2 is 2.15 bits per heavy atom. The third-order valence-electron chi connectivity index (χ3n) is 5.95. The summed E-state index contributed by atoms with van der Waals surface area (Å²) >= 11 is 3.28. The van der Waals surface area contributed by atoms with Gasteiger partial charge in [0, 0.05) is 23.4 Å². The summed E-state index contributed by atoms with van der Waals surface area (Å²) in [6.45, 7) is 4.56. The molecule has 0 aliphatic heterocycles. The Labute approximate surface area is 169 Å². The maximum Gasteiger partial charge on any atom is 0.230 e. The molecule has 1 N–H and O–H groups in total. The van der Waals surface area contributed by atoms with Gasteiger partial charge in [-0.3, -0.25) is 4.79 Å². The zero-order valence-corrected chi connectivity index (χ0v) is 17.7. The minimum absolute atomic E-state index is 0.121. The Hall–Kier alpha value is -1.34. The topological polar surface area (TPSA) is 59.8 Å². The van der Waals surface area contributed by atoms with Gasteiger partial charge in [-0.15, -0.1) is 21.5 Å². The summed E-state index contributed by atoms with van der Waals surface area (Å²) in [4.78, 5) is 13.8. The molecule has 3 atom stereocenters. The van der Waals surface area contributed by atoms with Crippen LogP contribution in [0.2, 0.25) is 0 Å². The van der Waals surface area contributed by atoms with Crippen molar-refractivity contribution in [1.29, 1.82) is 0 Å². The molecule has 2 heterocycles. The molecule has 2 aliphatic carbocycles. The second-order valence-electron chi connectivity index (χ2n) is 7.99. The van der Waals surface area contributed by atoms with Crippen LogP contribution in [0.1, 0.15) is 62.7 Å². The summed E-state index contributed by atoms with van der Waals surface area (Å²) in [6, 6.07) is 5.05. The highest BCUT2D eigenvalue weighted by Gasteiger charge is 2.31. The van der Waals surface area contributed by atoms with E-state index in [0.29, 0.717) is 29.7 Å². The molecule has 2 aromatic heterocycles. The first-order valence-electron chi connectivity index (χ1n) is 10.00. The van der Waals surface area contributed by atoms with E-state index in [1.807, 2.05) is 0 Å². The van der Waals surface area contributed by atoms with Gasteiger partial charge in [0.25, 0.3) is 0 Å². The highest BCUT2D eigenvalue weighted by atomic mass is 32.2. The number of thioether (sulfide) groups is 1. The quantitative estimate of drug-likeness (QED) is 0.699. The van der Waals surface area contributed by atoms with Crippen LogP contribution in [0.3, 0.4) is 0 Å². The van der Waals surface area contributed by atoms with Crippen LogP contribution < -0.4 is 5.32 Å². The highest BCUT2D eigenvalue weighted by molar-refractivity contribution is 7.99. The minimum Gasteiger partial charge on any atom is -0.352 e. The van der Waals surface area contributed by atoms with E-state index in [9.17, 15) is 4.79 Å². The van der Waals surface area contributed by atoms with E-state index in [4.69, 9.17) is 0 Å². The van der Waals surface area contributed by atoms with Crippen molar-refractivity contribution in [3.05, 3.63) is 28.2 Å². The number of carbonyl (C=O) groups is 1. The molecule has 2 saturated carbocycles. The zero-order chi connectivity index (χ0) is 18.8. The first-order valence-corrected chi connectivity index (χ1v) is 11.9. The molecule has 0 aromatic carbocycles. The fourth-order valence-electron chi connectivity index (χ4n) is 3.96. The maximum absolute atomic E-state index is 12.5. The standard InChI is InChI=1S/C20H28N4OS2/c1-13-5-3-7-17(14(13)2)21-19(25)12-27-20-23-22-18(24(20)15-8-9-15)11-16-6-4-10-26-16/h4,6,10,13-15,17H,3,5,7-9,11-12H2,1-2H3,(H,21,25)/t13-,14-,17-/m1/s1. The largest absolute Gasteiger partial charge is 0.352 e. The van der Waals surface area contributed by atoms with E-state index in [1.54, 1.807) is 11.3 Å². The van der Waals surface area contributed by atoms with Gasteiger partial charge in [-0.25, -0.2) is 0 Å². The Balaban J connectivity index is 1.36. The molecule has 27 heavy (non-hydrogen) atoms. The van der Waals surface area contributed by atoms with Crippen LogP contribution in [0.15, 0.2) is 22.7 Å². The van der Waals surface area contributed by atoms with Crippen LogP contribution in [0.25, 0.3) is 0 Å². The van der Waals surface area contributed by atoms with Crippen LogP contribution in [0.5, 0.6) is 0 Å². The second-order valence-corrected chi connectivity index (χ2v) is 9.96. The molecular formula is C20H28N4OS2. The molecule has 0 saturated heterocycles. The van der Waals surface area contributed by atoms with Gasteiger partial charge in [0.15, 0.2) is 5.16 Å². The molecule has 7 heteroatoms. The molecule has 1 amide bonds. The number of nitrogens with zero attached hydrogens (tertiary/aromatic N) is 3. The van der Waals surface area contributed by atoms with Crippen LogP contribution in [0, 0.1) is 11.8 Å². The molecule has 0 radical (unpaired) electrons. The lowest BCUT2D eigenvalue weighted by Gasteiger charge is -2.34. The Morgan fingerprint density at radius 1 is 1.30 bits per heavy atom. The summed E-state index contributed by atoms with van der Waals surface area (Å²) in [5.41, 5.74) is 0. The molecule has 4 rings (SSSR count). The van der Waals surface area contributed by atoms with Crippen LogP contribution in [-0.2, 0) is 11.2 Å². The van der Waals surface area contributed by atoms with Gasteiger partial charge in [-0.1, -0.05) is 44.5 Å². The van der Waals surface area contributed by atoms with E-state index in [-0.39, 0.29) is 5.91 Å². The Morgan fingerprint density at radius 3 is 2.89 bits per heavy atom. The molecule has 5 nitrogen and oxygen atoms in total. The number of hydrogen-bond acceptors (Lipinski definition) is 5. The number of nitrogens with one attached hydrogen (secondary N) is 1. The molecular weight excluding hydrogens is 376 g/mol. The van der Waals surface area contributed by atoms with Crippen LogP contribution in [-0.4, -0.2) is 32.5 Å².